The zero-order valence-corrected chi connectivity index (χ0v) is 11.5. The number of phenolic OH excluding ortho intramolecular Hbond substituents is 1. The van der Waals surface area contributed by atoms with Crippen molar-refractivity contribution in [1.29, 1.82) is 0 Å². The number of nitrogens with zero attached hydrogens (tertiary/aromatic N) is 2. The maximum absolute atomic E-state index is 9.34. The topological polar surface area (TPSA) is 110 Å². The van der Waals surface area contributed by atoms with Crippen LogP contribution in [0.3, 0.4) is 0 Å². The summed E-state index contributed by atoms with van der Waals surface area (Å²) >= 11 is 0. The van der Waals surface area contributed by atoms with E-state index in [2.05, 4.69) is 15.5 Å². The summed E-state index contributed by atoms with van der Waals surface area (Å²) in [6.45, 7) is 0. The predicted octanol–water partition coefficient (Wildman–Crippen LogP) is 1.48. The Morgan fingerprint density at radius 2 is 1.76 bits per heavy atom. The molecule has 5 rings (SSSR count). The first kappa shape index (κ1) is 12.4. The van der Waals surface area contributed by atoms with E-state index in [0.29, 0.717) is 5.82 Å². The zero-order chi connectivity index (χ0) is 14.7. The van der Waals surface area contributed by atoms with Crippen molar-refractivity contribution in [2.75, 3.05) is 11.1 Å². The summed E-state index contributed by atoms with van der Waals surface area (Å²) in [7, 11) is 0. The van der Waals surface area contributed by atoms with Crippen LogP contribution in [0.25, 0.3) is 11.3 Å². The first-order valence-corrected chi connectivity index (χ1v) is 6.97. The zero-order valence-electron chi connectivity index (χ0n) is 11.5. The molecule has 0 unspecified atom stereocenters. The summed E-state index contributed by atoms with van der Waals surface area (Å²) in [6.07, 6.45) is 2.95. The second-order valence-electron chi connectivity index (χ2n) is 6.37. The van der Waals surface area contributed by atoms with Gasteiger partial charge in [-0.1, -0.05) is 0 Å². The number of hydrogen-bond acceptors (Lipinski definition) is 6. The number of nitrogens with two attached hydrogens (primary N) is 2. The van der Waals surface area contributed by atoms with Gasteiger partial charge in [0.25, 0.3) is 0 Å². The molecule has 0 saturated heterocycles. The van der Waals surface area contributed by atoms with Crippen LogP contribution in [0.5, 0.6) is 5.75 Å². The standard InChI is InChI=1S/C15H17N5O/c16-13-12(18-15-6-14(17,7-15)8-15)5-11(19-20-13)9-1-3-10(21)4-2-9/h1-5,21H,6-8,17H2,(H2,16,20)(H,18,19). The third-order valence-electron chi connectivity index (χ3n) is 4.46. The highest BCUT2D eigenvalue weighted by molar-refractivity contribution is 5.71. The summed E-state index contributed by atoms with van der Waals surface area (Å²) in [5.41, 5.74) is 14.5. The van der Waals surface area contributed by atoms with Crippen LogP contribution >= 0.6 is 0 Å². The molecule has 1 heterocycles. The van der Waals surface area contributed by atoms with E-state index in [-0.39, 0.29) is 16.8 Å². The number of nitrogens with one attached hydrogen (secondary N) is 1. The van der Waals surface area contributed by atoms with Crippen molar-refractivity contribution in [2.45, 2.75) is 30.3 Å². The number of rotatable bonds is 3. The average molecular weight is 283 g/mol. The fraction of sp³-hybridized carbons (Fsp3) is 0.333. The first-order valence-electron chi connectivity index (χ1n) is 6.97. The minimum Gasteiger partial charge on any atom is -0.508 e. The van der Waals surface area contributed by atoms with Gasteiger partial charge in [-0.25, -0.2) is 0 Å². The third kappa shape index (κ3) is 1.91. The molecular formula is C15H17N5O. The van der Waals surface area contributed by atoms with E-state index >= 15 is 0 Å². The Hall–Kier alpha value is -2.34. The highest BCUT2D eigenvalue weighted by Gasteiger charge is 2.66. The van der Waals surface area contributed by atoms with Crippen molar-refractivity contribution >= 4 is 11.5 Å². The maximum atomic E-state index is 9.34. The Morgan fingerprint density at radius 3 is 2.38 bits per heavy atom. The van der Waals surface area contributed by atoms with Gasteiger partial charge in [-0.15, -0.1) is 10.2 Å². The monoisotopic (exact) mass is 283 g/mol. The van der Waals surface area contributed by atoms with Crippen molar-refractivity contribution < 1.29 is 5.11 Å². The van der Waals surface area contributed by atoms with Crippen molar-refractivity contribution in [3.05, 3.63) is 30.3 Å². The van der Waals surface area contributed by atoms with Gasteiger partial charge in [-0.2, -0.15) is 0 Å². The van der Waals surface area contributed by atoms with Crippen LogP contribution in [0.1, 0.15) is 19.3 Å². The molecule has 0 radical (unpaired) electrons. The SMILES string of the molecule is Nc1nnc(-c2ccc(O)cc2)cc1NC12CC(N)(C1)C2. The number of aromatic nitrogens is 2. The van der Waals surface area contributed by atoms with E-state index in [1.54, 1.807) is 24.3 Å². The fourth-order valence-corrected chi connectivity index (χ4v) is 3.56. The van der Waals surface area contributed by atoms with Gasteiger partial charge in [-0.05, 0) is 49.6 Å². The number of nitrogen functional groups attached to an aromatic ring is 1. The summed E-state index contributed by atoms with van der Waals surface area (Å²) in [5.74, 6) is 0.621. The molecule has 108 valence electrons. The van der Waals surface area contributed by atoms with Gasteiger partial charge in [0, 0.05) is 16.6 Å². The highest BCUT2D eigenvalue weighted by atomic mass is 16.3. The predicted molar refractivity (Wildman–Crippen MR) is 80.7 cm³/mol. The van der Waals surface area contributed by atoms with Gasteiger partial charge in [0.2, 0.25) is 0 Å². The molecule has 2 aromatic rings. The van der Waals surface area contributed by atoms with Crippen LogP contribution in [-0.4, -0.2) is 26.4 Å². The Labute approximate surface area is 122 Å². The van der Waals surface area contributed by atoms with Crippen molar-refractivity contribution in [3.8, 4) is 17.0 Å². The molecule has 1 aromatic carbocycles. The Kier molecular flexibility index (Phi) is 2.28. The molecule has 2 bridgehead atoms. The lowest BCUT2D eigenvalue weighted by molar-refractivity contribution is -0.0317. The number of phenols is 1. The van der Waals surface area contributed by atoms with Gasteiger partial charge < -0.3 is 21.9 Å². The third-order valence-corrected chi connectivity index (χ3v) is 4.46. The van der Waals surface area contributed by atoms with E-state index in [0.717, 1.165) is 36.2 Å². The van der Waals surface area contributed by atoms with E-state index in [1.807, 2.05) is 6.07 Å². The molecule has 0 aliphatic heterocycles. The molecule has 6 N–H and O–H groups in total. The highest BCUT2D eigenvalue weighted by Crippen LogP contribution is 2.60. The lowest BCUT2D eigenvalue weighted by Gasteiger charge is -2.69. The number of benzene rings is 1. The van der Waals surface area contributed by atoms with Gasteiger partial charge in [0.05, 0.1) is 11.4 Å². The summed E-state index contributed by atoms with van der Waals surface area (Å²) < 4.78 is 0. The average Bonchev–Trinajstić information content (AvgIpc) is 2.39. The van der Waals surface area contributed by atoms with Crippen molar-refractivity contribution in [3.63, 3.8) is 0 Å². The molecule has 6 nitrogen and oxygen atoms in total. The molecule has 0 atom stereocenters. The molecular weight excluding hydrogens is 266 g/mol. The summed E-state index contributed by atoms with van der Waals surface area (Å²) in [6, 6.07) is 8.75. The molecule has 3 aliphatic carbocycles. The molecule has 0 amide bonds. The van der Waals surface area contributed by atoms with Crippen LogP contribution in [-0.2, 0) is 0 Å². The molecule has 1 aromatic heterocycles. The number of aromatic hydroxyl groups is 1. The molecule has 6 heteroatoms. The van der Waals surface area contributed by atoms with Crippen LogP contribution < -0.4 is 16.8 Å². The van der Waals surface area contributed by atoms with E-state index in [9.17, 15) is 5.11 Å². The molecule has 3 saturated carbocycles. The largest absolute Gasteiger partial charge is 0.508 e. The smallest absolute Gasteiger partial charge is 0.169 e. The van der Waals surface area contributed by atoms with E-state index < -0.39 is 0 Å². The van der Waals surface area contributed by atoms with Gasteiger partial charge in [0.1, 0.15) is 5.75 Å². The Bertz CT molecular complexity index is 693. The molecule has 3 fully saturated rings. The number of anilines is 2. The number of hydrogen-bond donors (Lipinski definition) is 4. The van der Waals surface area contributed by atoms with Crippen molar-refractivity contribution in [1.82, 2.24) is 10.2 Å². The Morgan fingerprint density at radius 1 is 1.10 bits per heavy atom. The minimum atomic E-state index is 0.0437. The molecule has 0 spiro atoms. The van der Waals surface area contributed by atoms with Gasteiger partial charge in [-0.3, -0.25) is 0 Å². The lowest BCUT2D eigenvalue weighted by Crippen LogP contribution is -2.79. The maximum Gasteiger partial charge on any atom is 0.169 e. The molecule has 3 aliphatic rings. The quantitative estimate of drug-likeness (QED) is 0.679. The normalized spacial score (nSPS) is 29.4. The lowest BCUT2D eigenvalue weighted by atomic mass is 9.44. The fourth-order valence-electron chi connectivity index (χ4n) is 3.56. The van der Waals surface area contributed by atoms with Crippen LogP contribution in [0.15, 0.2) is 30.3 Å². The van der Waals surface area contributed by atoms with Gasteiger partial charge in [0.15, 0.2) is 5.82 Å². The second-order valence-corrected chi connectivity index (χ2v) is 6.37. The van der Waals surface area contributed by atoms with Gasteiger partial charge >= 0.3 is 0 Å². The Balaban J connectivity index is 1.62. The minimum absolute atomic E-state index is 0.0437. The van der Waals surface area contributed by atoms with E-state index in [1.165, 1.54) is 0 Å². The first-order chi connectivity index (χ1) is 9.97. The van der Waals surface area contributed by atoms with E-state index in [4.69, 9.17) is 11.5 Å². The van der Waals surface area contributed by atoms with Crippen LogP contribution in [0.4, 0.5) is 11.5 Å². The molecule has 21 heavy (non-hydrogen) atoms. The second kappa shape index (κ2) is 3.85. The van der Waals surface area contributed by atoms with Crippen LogP contribution in [0.2, 0.25) is 0 Å². The van der Waals surface area contributed by atoms with Crippen LogP contribution in [0, 0.1) is 0 Å². The summed E-state index contributed by atoms with van der Waals surface area (Å²) in [4.78, 5) is 0. The van der Waals surface area contributed by atoms with Crippen molar-refractivity contribution in [2.24, 2.45) is 5.73 Å². The summed E-state index contributed by atoms with van der Waals surface area (Å²) in [5, 5.41) is 21.0.